The SMILES string of the molecule is Cc1oc(-n2cccc2)c(C#N)c1C(=O)Oc1ccc(N2CCCC2=O)cc1. The molecular formula is C21H17N3O4. The Labute approximate surface area is 161 Å². The molecule has 1 saturated heterocycles. The third-order valence-electron chi connectivity index (χ3n) is 4.65. The molecule has 0 unspecified atom stereocenters. The summed E-state index contributed by atoms with van der Waals surface area (Å²) < 4.78 is 12.7. The van der Waals surface area contributed by atoms with Gasteiger partial charge in [0.05, 0.1) is 0 Å². The predicted octanol–water partition coefficient (Wildman–Crippen LogP) is 3.60. The van der Waals surface area contributed by atoms with Crippen molar-refractivity contribution in [1.82, 2.24) is 4.57 Å². The minimum atomic E-state index is -0.666. The van der Waals surface area contributed by atoms with Crippen LogP contribution in [0.15, 0.2) is 53.2 Å². The summed E-state index contributed by atoms with van der Waals surface area (Å²) in [6.45, 7) is 2.31. The van der Waals surface area contributed by atoms with Crippen molar-refractivity contribution >= 4 is 17.6 Å². The lowest BCUT2D eigenvalue weighted by Crippen LogP contribution is -2.23. The van der Waals surface area contributed by atoms with Gasteiger partial charge in [-0.2, -0.15) is 5.26 Å². The highest BCUT2D eigenvalue weighted by atomic mass is 16.5. The molecule has 1 aliphatic rings. The molecule has 4 rings (SSSR count). The van der Waals surface area contributed by atoms with Crippen molar-refractivity contribution < 1.29 is 18.7 Å². The van der Waals surface area contributed by atoms with E-state index >= 15 is 0 Å². The van der Waals surface area contributed by atoms with Crippen LogP contribution < -0.4 is 9.64 Å². The first kappa shape index (κ1) is 17.6. The number of furan rings is 1. The molecule has 0 saturated carbocycles. The molecule has 0 spiro atoms. The lowest BCUT2D eigenvalue weighted by molar-refractivity contribution is -0.117. The third kappa shape index (κ3) is 3.05. The van der Waals surface area contributed by atoms with Crippen molar-refractivity contribution in [2.45, 2.75) is 19.8 Å². The number of esters is 1. The van der Waals surface area contributed by atoms with Crippen LogP contribution >= 0.6 is 0 Å². The minimum Gasteiger partial charge on any atom is -0.443 e. The molecule has 3 aromatic rings. The molecule has 1 aliphatic heterocycles. The van der Waals surface area contributed by atoms with E-state index in [1.807, 2.05) is 6.07 Å². The van der Waals surface area contributed by atoms with Gasteiger partial charge in [0, 0.05) is 31.0 Å². The van der Waals surface area contributed by atoms with Gasteiger partial charge in [0.2, 0.25) is 11.8 Å². The van der Waals surface area contributed by atoms with Crippen LogP contribution in [0.25, 0.3) is 5.88 Å². The van der Waals surface area contributed by atoms with E-state index in [1.54, 1.807) is 65.2 Å². The van der Waals surface area contributed by atoms with Gasteiger partial charge in [-0.1, -0.05) is 0 Å². The summed E-state index contributed by atoms with van der Waals surface area (Å²) >= 11 is 0. The number of aromatic nitrogens is 1. The van der Waals surface area contributed by atoms with Crippen molar-refractivity contribution in [1.29, 1.82) is 5.26 Å². The second kappa shape index (κ2) is 7.08. The highest BCUT2D eigenvalue weighted by Gasteiger charge is 2.26. The maximum absolute atomic E-state index is 12.7. The predicted molar refractivity (Wildman–Crippen MR) is 100 cm³/mol. The molecule has 3 heterocycles. The number of amides is 1. The number of nitriles is 1. The lowest BCUT2D eigenvalue weighted by atomic mass is 10.1. The van der Waals surface area contributed by atoms with E-state index in [1.165, 1.54) is 0 Å². The normalized spacial score (nSPS) is 13.6. The molecule has 1 amide bonds. The van der Waals surface area contributed by atoms with Crippen molar-refractivity contribution in [2.24, 2.45) is 0 Å². The van der Waals surface area contributed by atoms with Gasteiger partial charge in [0.1, 0.15) is 28.7 Å². The largest absolute Gasteiger partial charge is 0.443 e. The Hall–Kier alpha value is -3.79. The zero-order valence-corrected chi connectivity index (χ0v) is 15.2. The Kier molecular flexibility index (Phi) is 4.45. The van der Waals surface area contributed by atoms with Gasteiger partial charge in [0.25, 0.3) is 0 Å². The van der Waals surface area contributed by atoms with Crippen LogP contribution in [0.5, 0.6) is 5.75 Å². The maximum atomic E-state index is 12.7. The van der Waals surface area contributed by atoms with E-state index in [4.69, 9.17) is 9.15 Å². The van der Waals surface area contributed by atoms with E-state index in [9.17, 15) is 14.9 Å². The Morgan fingerprint density at radius 1 is 1.21 bits per heavy atom. The molecule has 1 fully saturated rings. The van der Waals surface area contributed by atoms with Crippen LogP contribution in [0.2, 0.25) is 0 Å². The van der Waals surface area contributed by atoms with E-state index in [0.29, 0.717) is 24.5 Å². The van der Waals surface area contributed by atoms with Crippen LogP contribution in [0.4, 0.5) is 5.69 Å². The summed E-state index contributed by atoms with van der Waals surface area (Å²) in [6.07, 6.45) is 4.85. The molecule has 140 valence electrons. The van der Waals surface area contributed by atoms with Gasteiger partial charge in [0.15, 0.2) is 0 Å². The fourth-order valence-electron chi connectivity index (χ4n) is 3.30. The standard InChI is InChI=1S/C21H17N3O4/c1-14-19(17(13-22)20(27-14)23-10-2-3-11-23)21(26)28-16-8-6-15(7-9-16)24-12-4-5-18(24)25/h2-3,6-11H,4-5,12H2,1H3. The Morgan fingerprint density at radius 3 is 2.54 bits per heavy atom. The van der Waals surface area contributed by atoms with Crippen molar-refractivity contribution in [2.75, 3.05) is 11.4 Å². The molecule has 0 radical (unpaired) electrons. The van der Waals surface area contributed by atoms with E-state index in [-0.39, 0.29) is 22.9 Å². The number of carbonyl (C=O) groups is 2. The van der Waals surface area contributed by atoms with Crippen LogP contribution in [0.1, 0.15) is 34.5 Å². The van der Waals surface area contributed by atoms with Crippen molar-refractivity contribution in [3.05, 3.63) is 65.7 Å². The Bertz CT molecular complexity index is 1070. The number of hydrogen-bond donors (Lipinski definition) is 0. The molecule has 0 atom stereocenters. The van der Waals surface area contributed by atoms with Crippen LogP contribution in [-0.4, -0.2) is 23.0 Å². The number of ether oxygens (including phenoxy) is 1. The van der Waals surface area contributed by atoms with Crippen molar-refractivity contribution in [3.63, 3.8) is 0 Å². The molecule has 0 bridgehead atoms. The quantitative estimate of drug-likeness (QED) is 0.513. The van der Waals surface area contributed by atoms with Crippen LogP contribution in [0, 0.1) is 18.3 Å². The number of rotatable bonds is 4. The number of benzene rings is 1. The van der Waals surface area contributed by atoms with Gasteiger partial charge in [-0.25, -0.2) is 4.79 Å². The minimum absolute atomic E-state index is 0.0926. The smallest absolute Gasteiger partial charge is 0.348 e. The molecule has 0 N–H and O–H groups in total. The number of carbonyl (C=O) groups excluding carboxylic acids is 2. The molecule has 7 heteroatoms. The first-order chi connectivity index (χ1) is 13.6. The fourth-order valence-corrected chi connectivity index (χ4v) is 3.30. The summed E-state index contributed by atoms with van der Waals surface area (Å²) in [5.74, 6) is 0.341. The molecule has 7 nitrogen and oxygen atoms in total. The van der Waals surface area contributed by atoms with Gasteiger partial charge in [-0.15, -0.1) is 0 Å². The maximum Gasteiger partial charge on any atom is 0.348 e. The van der Waals surface area contributed by atoms with Gasteiger partial charge >= 0.3 is 5.97 Å². The summed E-state index contributed by atoms with van der Waals surface area (Å²) in [7, 11) is 0. The lowest BCUT2D eigenvalue weighted by Gasteiger charge is -2.15. The first-order valence-corrected chi connectivity index (χ1v) is 8.88. The fraction of sp³-hybridized carbons (Fsp3) is 0.190. The summed E-state index contributed by atoms with van der Waals surface area (Å²) in [5.41, 5.74) is 0.998. The van der Waals surface area contributed by atoms with E-state index in [0.717, 1.165) is 12.1 Å². The van der Waals surface area contributed by atoms with Crippen LogP contribution in [0.3, 0.4) is 0 Å². The van der Waals surface area contributed by atoms with Gasteiger partial charge in [-0.05, 0) is 49.7 Å². The van der Waals surface area contributed by atoms with Gasteiger partial charge < -0.3 is 14.1 Å². The highest BCUT2D eigenvalue weighted by molar-refractivity contribution is 5.96. The number of aryl methyl sites for hydroxylation is 1. The third-order valence-corrected chi connectivity index (χ3v) is 4.65. The van der Waals surface area contributed by atoms with E-state index < -0.39 is 5.97 Å². The summed E-state index contributed by atoms with van der Waals surface area (Å²) in [4.78, 5) is 26.2. The van der Waals surface area contributed by atoms with Crippen molar-refractivity contribution in [3.8, 4) is 17.7 Å². The zero-order valence-electron chi connectivity index (χ0n) is 15.2. The second-order valence-electron chi connectivity index (χ2n) is 6.45. The molecule has 0 aliphatic carbocycles. The Balaban J connectivity index is 1.57. The topological polar surface area (TPSA) is 88.5 Å². The van der Waals surface area contributed by atoms with Gasteiger partial charge in [-0.3, -0.25) is 9.36 Å². The second-order valence-corrected chi connectivity index (χ2v) is 6.45. The molecule has 2 aromatic heterocycles. The van der Waals surface area contributed by atoms with E-state index in [2.05, 4.69) is 0 Å². The number of hydrogen-bond acceptors (Lipinski definition) is 5. The summed E-state index contributed by atoms with van der Waals surface area (Å²) in [5, 5.41) is 9.54. The average Bonchev–Trinajstić information content (AvgIpc) is 3.42. The first-order valence-electron chi connectivity index (χ1n) is 8.88. The Morgan fingerprint density at radius 2 is 1.93 bits per heavy atom. The average molecular weight is 375 g/mol. The molecular weight excluding hydrogens is 358 g/mol. The zero-order chi connectivity index (χ0) is 19.7. The molecule has 28 heavy (non-hydrogen) atoms. The van der Waals surface area contributed by atoms with Crippen LogP contribution in [-0.2, 0) is 4.79 Å². The summed E-state index contributed by atoms with van der Waals surface area (Å²) in [6, 6.07) is 12.4. The highest BCUT2D eigenvalue weighted by Crippen LogP contribution is 2.28. The number of anilines is 1. The number of nitrogens with zero attached hydrogens (tertiary/aromatic N) is 3. The molecule has 1 aromatic carbocycles. The monoisotopic (exact) mass is 375 g/mol.